The minimum absolute atomic E-state index is 0. The number of rotatable bonds is 0. The van der Waals surface area contributed by atoms with Gasteiger partial charge in [-0.1, -0.05) is 0 Å². The summed E-state index contributed by atoms with van der Waals surface area (Å²) in [5, 5.41) is 0. The summed E-state index contributed by atoms with van der Waals surface area (Å²) in [5.41, 5.74) is 0. The van der Waals surface area contributed by atoms with Gasteiger partial charge in [-0.2, -0.15) is 0 Å². The molecule has 0 rings (SSSR count). The molecule has 0 heterocycles. The van der Waals surface area contributed by atoms with Gasteiger partial charge in [-0.3, -0.25) is 0 Å². The van der Waals surface area contributed by atoms with Crippen LogP contribution in [0, 0.1) is 0 Å². The van der Waals surface area contributed by atoms with E-state index in [1.807, 2.05) is 0 Å². The van der Waals surface area contributed by atoms with Crippen LogP contribution in [-0.2, 0) is 6.21 Å². The van der Waals surface area contributed by atoms with Gasteiger partial charge in [-0.05, 0) is 0 Å². The molecule has 0 amide bonds. The molecule has 0 aromatic heterocycles. The zero-order valence-corrected chi connectivity index (χ0v) is 5.03. The predicted molar refractivity (Wildman–Crippen MR) is 28.7 cm³/mol. The second kappa shape index (κ2) is 5.06. The second-order valence-electron chi connectivity index (χ2n) is 0.448. The molecule has 0 unspecified atom stereocenters. The van der Waals surface area contributed by atoms with E-state index in [2.05, 4.69) is 0 Å². The van der Waals surface area contributed by atoms with Gasteiger partial charge in [0, 0.05) is 8.41 Å². The van der Waals surface area contributed by atoms with Gasteiger partial charge in [0.05, 0.1) is 0 Å². The van der Waals surface area contributed by atoms with Gasteiger partial charge in [-0.15, -0.1) is 0 Å². The van der Waals surface area contributed by atoms with E-state index in [1.54, 1.807) is 0 Å². The van der Waals surface area contributed by atoms with E-state index in [0.717, 1.165) is 0 Å². The maximum atomic E-state index is 8.85. The first-order chi connectivity index (χ1) is 2.00. The third-order valence-electron chi connectivity index (χ3n) is 0. The SMILES string of the molecule is O=[Te](=O)(O)O.[B].[GeH4]. The Labute approximate surface area is 58.1 Å². The van der Waals surface area contributed by atoms with Gasteiger partial charge in [-0.25, -0.2) is 0 Å². The Morgan fingerprint density at radius 2 is 1.14 bits per heavy atom. The molecule has 2 N–H and O–H groups in total. The van der Waals surface area contributed by atoms with Crippen LogP contribution in [0.1, 0.15) is 0 Å². The molecule has 0 aromatic carbocycles. The van der Waals surface area contributed by atoms with E-state index in [1.165, 1.54) is 0 Å². The Morgan fingerprint density at radius 3 is 1.14 bits per heavy atom. The van der Waals surface area contributed by atoms with Crippen molar-refractivity contribution in [3.05, 3.63) is 0 Å². The van der Waals surface area contributed by atoms with Crippen molar-refractivity contribution in [1.29, 1.82) is 0 Å². The van der Waals surface area contributed by atoms with E-state index in [4.69, 9.17) is 13.2 Å². The maximum absolute atomic E-state index is 8.85. The molecule has 3 radical (unpaired) electrons. The summed E-state index contributed by atoms with van der Waals surface area (Å²) in [6.07, 6.45) is 0. The van der Waals surface area contributed by atoms with Gasteiger partial charge in [0.15, 0.2) is 0 Å². The standard InChI is InChI=1S/B.GeH4.H2O4Te/c;;1-5(2,3)4/h;1H4;(H2,1,2,3,4). The van der Waals surface area contributed by atoms with Crippen LogP contribution in [0.4, 0.5) is 0 Å². The van der Waals surface area contributed by atoms with E-state index >= 15 is 0 Å². The van der Waals surface area contributed by atoms with Crippen molar-refractivity contribution < 1.29 is 13.2 Å². The predicted octanol–water partition coefficient (Wildman–Crippen LogP) is -3.56. The van der Waals surface area contributed by atoms with E-state index in [9.17, 15) is 0 Å². The zero-order chi connectivity index (χ0) is 4.50. The number of hydrogen-bond acceptors (Lipinski definition) is 2. The quantitative estimate of drug-likeness (QED) is 0.451. The van der Waals surface area contributed by atoms with Gasteiger partial charge in [0.2, 0.25) is 0 Å². The summed E-state index contributed by atoms with van der Waals surface area (Å²) in [4.78, 5) is 0. The molecule has 0 aliphatic heterocycles. The molecular formula is H6BGeO4Te. The molecule has 0 saturated carbocycles. The molecule has 0 aromatic rings. The van der Waals surface area contributed by atoms with E-state index in [0.29, 0.717) is 0 Å². The van der Waals surface area contributed by atoms with Gasteiger partial charge >= 0.3 is 49.7 Å². The average Bonchev–Trinajstić information content (AvgIpc) is 0.722. The van der Waals surface area contributed by atoms with Gasteiger partial charge in [0.1, 0.15) is 0 Å². The topological polar surface area (TPSA) is 74.6 Å². The number of hydrogen-bond donors (Lipinski definition) is 2. The third kappa shape index (κ3) is 199. The Kier molecular flexibility index (Phi) is 11.3. The van der Waals surface area contributed by atoms with Crippen molar-refractivity contribution in [2.24, 2.45) is 0 Å². The molecular weight excluding hydrogens is 275 g/mol. The van der Waals surface area contributed by atoms with Crippen LogP contribution in [0.15, 0.2) is 0 Å². The molecule has 4 nitrogen and oxygen atoms in total. The molecule has 7 heavy (non-hydrogen) atoms. The Bertz CT molecular complexity index is 94.9. The zero-order valence-electron chi connectivity index (χ0n) is 2.70. The molecule has 0 fully saturated rings. The van der Waals surface area contributed by atoms with E-state index in [-0.39, 0.29) is 26.0 Å². The van der Waals surface area contributed by atoms with Crippen LogP contribution in [0.3, 0.4) is 0 Å². The molecule has 0 spiro atoms. The molecule has 0 aliphatic rings. The van der Waals surface area contributed by atoms with Crippen LogP contribution >= 0.6 is 0 Å². The molecule has 7 heteroatoms. The molecule has 0 aliphatic carbocycles. The molecule has 0 atom stereocenters. The van der Waals surface area contributed by atoms with Crippen LogP contribution in [0.2, 0.25) is 0 Å². The Hall–Kier alpha value is 0.917. The minimum atomic E-state index is -5.52. The van der Waals surface area contributed by atoms with Gasteiger partial charge in [0.25, 0.3) is 0 Å². The van der Waals surface area contributed by atoms with Crippen LogP contribution in [0.5, 0.6) is 0 Å². The van der Waals surface area contributed by atoms with Crippen molar-refractivity contribution in [1.82, 2.24) is 0 Å². The van der Waals surface area contributed by atoms with Crippen molar-refractivity contribution in [2.45, 2.75) is 0 Å². The molecule has 0 bridgehead atoms. The monoisotopic (exact) mass is 285 g/mol. The first-order valence-electron chi connectivity index (χ1n) is 0.698. The first kappa shape index (κ1) is 15.7. The fraction of sp³-hybridized carbons (Fsp3) is 0. The van der Waals surface area contributed by atoms with Crippen LogP contribution in [-0.4, -0.2) is 51.9 Å². The van der Waals surface area contributed by atoms with Crippen LogP contribution < -0.4 is 0 Å². The van der Waals surface area contributed by atoms with Gasteiger partial charge < -0.3 is 0 Å². The summed E-state index contributed by atoms with van der Waals surface area (Å²) in [5.74, 6) is 0. The molecule has 43 valence electrons. The van der Waals surface area contributed by atoms with Crippen molar-refractivity contribution in [3.8, 4) is 0 Å². The fourth-order valence-corrected chi connectivity index (χ4v) is 0. The summed E-state index contributed by atoms with van der Waals surface area (Å²) in [6.45, 7) is 0. The summed E-state index contributed by atoms with van der Waals surface area (Å²) in [7, 11) is 0. The summed E-state index contributed by atoms with van der Waals surface area (Å²) >= 11 is -5.52. The van der Waals surface area contributed by atoms with Crippen molar-refractivity contribution >= 4 is 45.0 Å². The Balaban J connectivity index is -0.0000000800. The normalized spacial score (nSPS) is 8.29. The summed E-state index contributed by atoms with van der Waals surface area (Å²) < 4.78 is 32.0. The summed E-state index contributed by atoms with van der Waals surface area (Å²) in [6, 6.07) is 0. The van der Waals surface area contributed by atoms with Crippen molar-refractivity contribution in [2.75, 3.05) is 0 Å². The third-order valence-corrected chi connectivity index (χ3v) is 0. The fourth-order valence-electron chi connectivity index (χ4n) is 0. The van der Waals surface area contributed by atoms with Crippen molar-refractivity contribution in [3.63, 3.8) is 0 Å². The average molecular weight is 281 g/mol. The van der Waals surface area contributed by atoms with E-state index < -0.39 is 19.0 Å². The first-order valence-corrected chi connectivity index (χ1v) is 4.69. The van der Waals surface area contributed by atoms with Crippen LogP contribution in [0.25, 0.3) is 0 Å². The second-order valence-corrected chi connectivity index (χ2v) is 3.00. The molecule has 0 saturated heterocycles. The Morgan fingerprint density at radius 1 is 1.14 bits per heavy atom.